The Morgan fingerprint density at radius 3 is 2.76 bits per heavy atom. The van der Waals surface area contributed by atoms with E-state index in [4.69, 9.17) is 0 Å². The fraction of sp³-hybridized carbons (Fsp3) is 0.235. The lowest BCUT2D eigenvalue weighted by Gasteiger charge is -2.19. The Kier molecular flexibility index (Phi) is 3.60. The molecule has 2 N–H and O–H groups in total. The third kappa shape index (κ3) is 2.75. The number of rotatable bonds is 2. The molecule has 1 aliphatic rings. The first-order valence-electron chi connectivity index (χ1n) is 7.06. The van der Waals surface area contributed by atoms with Crippen molar-refractivity contribution in [2.24, 2.45) is 0 Å². The normalized spacial score (nSPS) is 13.6. The molecule has 0 bridgehead atoms. The standard InChI is InChI=1S/C17H16FNO2/c18-12-8-9-14(16(20)10-12)17(21)19-15-7-3-5-11-4-1-2-6-13(11)15/h3,5,7-10,20H,1-2,4,6H2,(H,19,21). The van der Waals surface area contributed by atoms with Crippen molar-refractivity contribution in [3.63, 3.8) is 0 Å². The Hall–Kier alpha value is -2.36. The average molecular weight is 285 g/mol. The second-order valence-electron chi connectivity index (χ2n) is 5.27. The number of hydrogen-bond donors (Lipinski definition) is 2. The number of amides is 1. The van der Waals surface area contributed by atoms with Gasteiger partial charge in [0.05, 0.1) is 5.56 Å². The maximum Gasteiger partial charge on any atom is 0.259 e. The largest absolute Gasteiger partial charge is 0.507 e. The highest BCUT2D eigenvalue weighted by Gasteiger charge is 2.17. The molecule has 0 fully saturated rings. The summed E-state index contributed by atoms with van der Waals surface area (Å²) in [5, 5.41) is 12.5. The second kappa shape index (κ2) is 5.56. The number of fused-ring (bicyclic) bond motifs is 1. The molecule has 108 valence electrons. The number of benzene rings is 2. The first-order valence-corrected chi connectivity index (χ1v) is 7.06. The van der Waals surface area contributed by atoms with Gasteiger partial charge in [-0.1, -0.05) is 12.1 Å². The number of halogens is 1. The van der Waals surface area contributed by atoms with E-state index in [0.717, 1.165) is 37.1 Å². The van der Waals surface area contributed by atoms with Crippen LogP contribution in [0.3, 0.4) is 0 Å². The Morgan fingerprint density at radius 1 is 1.14 bits per heavy atom. The smallest absolute Gasteiger partial charge is 0.259 e. The van der Waals surface area contributed by atoms with Gasteiger partial charge in [0.25, 0.3) is 5.91 Å². The van der Waals surface area contributed by atoms with Gasteiger partial charge >= 0.3 is 0 Å². The van der Waals surface area contributed by atoms with E-state index >= 15 is 0 Å². The average Bonchev–Trinajstić information content (AvgIpc) is 2.47. The summed E-state index contributed by atoms with van der Waals surface area (Å²) in [6.45, 7) is 0. The number of aryl methyl sites for hydroxylation is 1. The molecule has 0 heterocycles. The lowest BCUT2D eigenvalue weighted by Crippen LogP contribution is -2.15. The molecule has 0 saturated heterocycles. The Labute approximate surface area is 122 Å². The molecule has 2 aromatic carbocycles. The fourth-order valence-electron chi connectivity index (χ4n) is 2.78. The SMILES string of the molecule is O=C(Nc1cccc2c1CCCC2)c1ccc(F)cc1O. The van der Waals surface area contributed by atoms with Crippen molar-refractivity contribution in [1.29, 1.82) is 0 Å². The van der Waals surface area contributed by atoms with Crippen LogP contribution < -0.4 is 5.32 Å². The van der Waals surface area contributed by atoms with Gasteiger partial charge < -0.3 is 10.4 Å². The molecular weight excluding hydrogens is 269 g/mol. The van der Waals surface area contributed by atoms with E-state index in [1.807, 2.05) is 12.1 Å². The van der Waals surface area contributed by atoms with Gasteiger partial charge in [0.2, 0.25) is 0 Å². The van der Waals surface area contributed by atoms with E-state index in [0.29, 0.717) is 0 Å². The summed E-state index contributed by atoms with van der Waals surface area (Å²) in [4.78, 5) is 12.2. The van der Waals surface area contributed by atoms with Crippen LogP contribution in [0.2, 0.25) is 0 Å². The van der Waals surface area contributed by atoms with Crippen LogP contribution in [-0.4, -0.2) is 11.0 Å². The van der Waals surface area contributed by atoms with Gasteiger partial charge in [-0.25, -0.2) is 4.39 Å². The summed E-state index contributed by atoms with van der Waals surface area (Å²) < 4.78 is 13.0. The zero-order chi connectivity index (χ0) is 14.8. The van der Waals surface area contributed by atoms with Crippen LogP contribution in [0.25, 0.3) is 0 Å². The molecule has 0 aliphatic heterocycles. The van der Waals surface area contributed by atoms with Crippen LogP contribution in [0.1, 0.15) is 34.3 Å². The van der Waals surface area contributed by atoms with Gasteiger partial charge in [-0.2, -0.15) is 0 Å². The fourth-order valence-corrected chi connectivity index (χ4v) is 2.78. The van der Waals surface area contributed by atoms with Gasteiger partial charge in [-0.3, -0.25) is 4.79 Å². The van der Waals surface area contributed by atoms with E-state index in [1.54, 1.807) is 0 Å². The number of hydrogen-bond acceptors (Lipinski definition) is 2. The molecule has 21 heavy (non-hydrogen) atoms. The summed E-state index contributed by atoms with van der Waals surface area (Å²) in [6.07, 6.45) is 4.26. The maximum absolute atomic E-state index is 13.0. The first kappa shape index (κ1) is 13.6. The van der Waals surface area contributed by atoms with Crippen LogP contribution in [0, 0.1) is 5.82 Å². The highest BCUT2D eigenvalue weighted by atomic mass is 19.1. The minimum Gasteiger partial charge on any atom is -0.507 e. The molecule has 0 radical (unpaired) electrons. The third-order valence-electron chi connectivity index (χ3n) is 3.85. The number of phenols is 1. The van der Waals surface area contributed by atoms with E-state index in [9.17, 15) is 14.3 Å². The minimum atomic E-state index is -0.568. The Morgan fingerprint density at radius 2 is 1.95 bits per heavy atom. The van der Waals surface area contributed by atoms with Crippen molar-refractivity contribution >= 4 is 11.6 Å². The first-order chi connectivity index (χ1) is 10.1. The lowest BCUT2D eigenvalue weighted by molar-refractivity contribution is 0.102. The van der Waals surface area contributed by atoms with Gasteiger partial charge in [-0.05, 0) is 55.0 Å². The molecule has 0 atom stereocenters. The van der Waals surface area contributed by atoms with Crippen molar-refractivity contribution in [1.82, 2.24) is 0 Å². The van der Waals surface area contributed by atoms with Crippen molar-refractivity contribution < 1.29 is 14.3 Å². The van der Waals surface area contributed by atoms with Gasteiger partial charge in [-0.15, -0.1) is 0 Å². The number of carbonyl (C=O) groups is 1. The second-order valence-corrected chi connectivity index (χ2v) is 5.27. The predicted octanol–water partition coefficient (Wildman–Crippen LogP) is 3.66. The number of anilines is 1. The molecule has 1 aliphatic carbocycles. The summed E-state index contributed by atoms with van der Waals surface area (Å²) in [7, 11) is 0. The predicted molar refractivity (Wildman–Crippen MR) is 79.1 cm³/mol. The van der Waals surface area contributed by atoms with Crippen molar-refractivity contribution in [2.45, 2.75) is 25.7 Å². The van der Waals surface area contributed by atoms with Crippen LogP contribution in [0.5, 0.6) is 5.75 Å². The monoisotopic (exact) mass is 285 g/mol. The maximum atomic E-state index is 13.0. The van der Waals surface area contributed by atoms with E-state index in [2.05, 4.69) is 11.4 Å². The van der Waals surface area contributed by atoms with Gasteiger partial charge in [0.15, 0.2) is 0 Å². The van der Waals surface area contributed by atoms with Crippen LogP contribution in [0.4, 0.5) is 10.1 Å². The van der Waals surface area contributed by atoms with Crippen LogP contribution in [0.15, 0.2) is 36.4 Å². The molecule has 3 rings (SSSR count). The number of aromatic hydroxyl groups is 1. The highest BCUT2D eigenvalue weighted by molar-refractivity contribution is 6.06. The molecule has 0 aromatic heterocycles. The van der Waals surface area contributed by atoms with E-state index in [1.165, 1.54) is 23.6 Å². The number of nitrogens with one attached hydrogen (secondary N) is 1. The van der Waals surface area contributed by atoms with Crippen molar-refractivity contribution in [2.75, 3.05) is 5.32 Å². The Balaban J connectivity index is 1.88. The number of phenolic OH excluding ortho intramolecular Hbond substituents is 1. The van der Waals surface area contributed by atoms with Gasteiger partial charge in [0.1, 0.15) is 11.6 Å². The molecular formula is C17H16FNO2. The number of carbonyl (C=O) groups excluding carboxylic acids is 1. The Bertz CT molecular complexity index is 697. The molecule has 0 saturated carbocycles. The van der Waals surface area contributed by atoms with E-state index in [-0.39, 0.29) is 11.3 Å². The molecule has 2 aromatic rings. The molecule has 1 amide bonds. The quantitative estimate of drug-likeness (QED) is 0.884. The lowest BCUT2D eigenvalue weighted by atomic mass is 9.90. The third-order valence-corrected chi connectivity index (χ3v) is 3.85. The van der Waals surface area contributed by atoms with Crippen molar-refractivity contribution in [3.8, 4) is 5.75 Å². The molecule has 3 nitrogen and oxygen atoms in total. The summed E-state index contributed by atoms with van der Waals surface area (Å²) in [5.41, 5.74) is 3.28. The molecule has 4 heteroatoms. The van der Waals surface area contributed by atoms with Crippen molar-refractivity contribution in [3.05, 3.63) is 58.9 Å². The zero-order valence-corrected chi connectivity index (χ0v) is 11.5. The van der Waals surface area contributed by atoms with Crippen LogP contribution in [-0.2, 0) is 12.8 Å². The summed E-state index contributed by atoms with van der Waals surface area (Å²) >= 11 is 0. The zero-order valence-electron chi connectivity index (χ0n) is 11.5. The molecule has 0 spiro atoms. The topological polar surface area (TPSA) is 49.3 Å². The minimum absolute atomic E-state index is 0.0739. The van der Waals surface area contributed by atoms with E-state index < -0.39 is 11.7 Å². The highest BCUT2D eigenvalue weighted by Crippen LogP contribution is 2.29. The molecule has 0 unspecified atom stereocenters. The summed E-state index contributed by atoms with van der Waals surface area (Å²) in [5.74, 6) is -1.34. The van der Waals surface area contributed by atoms with Crippen LogP contribution >= 0.6 is 0 Å². The summed E-state index contributed by atoms with van der Waals surface area (Å²) in [6, 6.07) is 9.26. The van der Waals surface area contributed by atoms with Gasteiger partial charge in [0, 0.05) is 11.8 Å².